The number of nitrogens with two attached hydrogens (primary N) is 1. The van der Waals surface area contributed by atoms with Crippen LogP contribution in [-0.2, 0) is 6.42 Å². The zero-order valence-electron chi connectivity index (χ0n) is 15.4. The Bertz CT molecular complexity index is 1160. The molecule has 0 aliphatic heterocycles. The number of anilines is 1. The van der Waals surface area contributed by atoms with Gasteiger partial charge in [-0.3, -0.25) is 4.79 Å². The fourth-order valence-electron chi connectivity index (χ4n) is 2.86. The van der Waals surface area contributed by atoms with Gasteiger partial charge in [0.05, 0.1) is 17.4 Å². The van der Waals surface area contributed by atoms with Crippen LogP contribution in [-0.4, -0.2) is 27.0 Å². The number of fused-ring (bicyclic) bond motifs is 1. The Labute approximate surface area is 165 Å². The second-order valence-electron chi connectivity index (χ2n) is 6.36. The van der Waals surface area contributed by atoms with Crippen molar-refractivity contribution in [3.63, 3.8) is 0 Å². The minimum absolute atomic E-state index is 0.124. The van der Waals surface area contributed by atoms with Crippen molar-refractivity contribution in [1.29, 1.82) is 0 Å². The first kappa shape index (κ1) is 18.6. The molecule has 2 aromatic heterocycles. The topological polar surface area (TPSA) is 94.5 Å². The minimum atomic E-state index is -0.644. The van der Waals surface area contributed by atoms with E-state index >= 15 is 0 Å². The van der Waals surface area contributed by atoms with Gasteiger partial charge in [-0.1, -0.05) is 12.1 Å². The first-order valence-electron chi connectivity index (χ1n) is 8.99. The summed E-state index contributed by atoms with van der Waals surface area (Å²) in [4.78, 5) is 16.6. The average Bonchev–Trinajstić information content (AvgIpc) is 3.19. The number of aromatic nitrogens is 3. The lowest BCUT2D eigenvalue weighted by Gasteiger charge is -2.10. The van der Waals surface area contributed by atoms with Crippen LogP contribution in [0.2, 0.25) is 0 Å². The lowest BCUT2D eigenvalue weighted by molar-refractivity contribution is 0.102. The Morgan fingerprint density at radius 1 is 1.10 bits per heavy atom. The number of halogens is 1. The molecule has 0 atom stereocenters. The van der Waals surface area contributed by atoms with Gasteiger partial charge in [-0.2, -0.15) is 5.10 Å². The van der Waals surface area contributed by atoms with Crippen molar-refractivity contribution in [2.75, 3.05) is 11.9 Å². The van der Waals surface area contributed by atoms with Crippen LogP contribution < -0.4 is 15.8 Å². The molecule has 7 nitrogen and oxygen atoms in total. The summed E-state index contributed by atoms with van der Waals surface area (Å²) in [6.07, 6.45) is 3.78. The molecule has 146 valence electrons. The third kappa shape index (κ3) is 4.22. The predicted molar refractivity (Wildman–Crippen MR) is 107 cm³/mol. The number of benzene rings is 2. The molecule has 4 rings (SSSR count). The van der Waals surface area contributed by atoms with Crippen LogP contribution in [0.15, 0.2) is 67.1 Å². The van der Waals surface area contributed by atoms with E-state index in [0.717, 1.165) is 12.0 Å². The van der Waals surface area contributed by atoms with E-state index in [0.29, 0.717) is 29.4 Å². The molecule has 1 amide bonds. The first-order valence-corrected chi connectivity index (χ1v) is 8.99. The van der Waals surface area contributed by atoms with Crippen LogP contribution >= 0.6 is 0 Å². The molecule has 2 heterocycles. The number of amides is 1. The third-order valence-corrected chi connectivity index (χ3v) is 4.31. The molecule has 4 aromatic rings. The number of nitrogens with one attached hydrogen (secondary N) is 1. The smallest absolute Gasteiger partial charge is 0.258 e. The summed E-state index contributed by atoms with van der Waals surface area (Å²) in [6.45, 7) is 0.570. The second kappa shape index (κ2) is 8.07. The summed E-state index contributed by atoms with van der Waals surface area (Å²) in [7, 11) is 0. The quantitative estimate of drug-likeness (QED) is 0.525. The van der Waals surface area contributed by atoms with Crippen LogP contribution in [0.1, 0.15) is 15.9 Å². The maximum atomic E-state index is 14.2. The summed E-state index contributed by atoms with van der Waals surface area (Å²) < 4.78 is 21.5. The van der Waals surface area contributed by atoms with Crippen molar-refractivity contribution in [3.8, 4) is 11.5 Å². The number of hydrogen-bond acceptors (Lipinski definition) is 5. The normalized spacial score (nSPS) is 10.8. The van der Waals surface area contributed by atoms with Crippen LogP contribution in [0.3, 0.4) is 0 Å². The summed E-state index contributed by atoms with van der Waals surface area (Å²) in [5, 5.41) is 6.67. The molecule has 0 bridgehead atoms. The second-order valence-corrected chi connectivity index (χ2v) is 6.36. The number of nitrogens with zero attached hydrogens (tertiary/aromatic N) is 3. The Hall–Kier alpha value is -3.78. The number of pyridine rings is 1. The van der Waals surface area contributed by atoms with Gasteiger partial charge in [0.1, 0.15) is 23.6 Å². The Balaban J connectivity index is 1.51. The van der Waals surface area contributed by atoms with E-state index in [9.17, 15) is 9.18 Å². The van der Waals surface area contributed by atoms with E-state index < -0.39 is 11.7 Å². The molecule has 29 heavy (non-hydrogen) atoms. The van der Waals surface area contributed by atoms with Gasteiger partial charge in [0.15, 0.2) is 5.65 Å². The van der Waals surface area contributed by atoms with Crippen molar-refractivity contribution in [2.45, 2.75) is 6.42 Å². The van der Waals surface area contributed by atoms with Crippen molar-refractivity contribution in [2.24, 2.45) is 5.73 Å². The average molecular weight is 391 g/mol. The van der Waals surface area contributed by atoms with E-state index in [-0.39, 0.29) is 5.56 Å². The van der Waals surface area contributed by atoms with Crippen LogP contribution in [0.4, 0.5) is 10.1 Å². The first-order chi connectivity index (χ1) is 14.1. The van der Waals surface area contributed by atoms with Gasteiger partial charge < -0.3 is 15.8 Å². The Morgan fingerprint density at radius 2 is 1.90 bits per heavy atom. The highest BCUT2D eigenvalue weighted by atomic mass is 19.1. The predicted octanol–water partition coefficient (Wildman–Crippen LogP) is 3.41. The summed E-state index contributed by atoms with van der Waals surface area (Å²) >= 11 is 0. The summed E-state index contributed by atoms with van der Waals surface area (Å²) in [6, 6.07) is 14.9. The number of carbonyl (C=O) groups is 1. The molecule has 0 saturated heterocycles. The van der Waals surface area contributed by atoms with Gasteiger partial charge in [-0.25, -0.2) is 13.9 Å². The molecule has 0 fully saturated rings. The molecule has 3 N–H and O–H groups in total. The third-order valence-electron chi connectivity index (χ3n) is 4.31. The van der Waals surface area contributed by atoms with Gasteiger partial charge >= 0.3 is 0 Å². The van der Waals surface area contributed by atoms with Gasteiger partial charge in [0.25, 0.3) is 5.91 Å². The maximum absolute atomic E-state index is 14.2. The van der Waals surface area contributed by atoms with Gasteiger partial charge in [0.2, 0.25) is 0 Å². The molecular weight excluding hydrogens is 373 g/mol. The van der Waals surface area contributed by atoms with Gasteiger partial charge in [0, 0.05) is 0 Å². The molecule has 8 heteroatoms. The van der Waals surface area contributed by atoms with E-state index in [4.69, 9.17) is 10.5 Å². The molecular formula is C21H18FN5O2. The zero-order valence-corrected chi connectivity index (χ0v) is 15.4. The van der Waals surface area contributed by atoms with Gasteiger partial charge in [-0.15, -0.1) is 0 Å². The van der Waals surface area contributed by atoms with Gasteiger partial charge in [-0.05, 0) is 61.0 Å². The zero-order chi connectivity index (χ0) is 20.2. The van der Waals surface area contributed by atoms with Crippen molar-refractivity contribution < 1.29 is 13.9 Å². The van der Waals surface area contributed by atoms with Crippen molar-refractivity contribution in [3.05, 3.63) is 84.1 Å². The van der Waals surface area contributed by atoms with E-state index in [1.54, 1.807) is 30.5 Å². The van der Waals surface area contributed by atoms with E-state index in [1.165, 1.54) is 29.0 Å². The molecule has 0 aliphatic rings. The highest BCUT2D eigenvalue weighted by molar-refractivity contribution is 6.04. The maximum Gasteiger partial charge on any atom is 0.258 e. The number of carbonyl (C=O) groups excluding carboxylic acids is 1. The Morgan fingerprint density at radius 3 is 2.69 bits per heavy atom. The lowest BCUT2D eigenvalue weighted by atomic mass is 10.1. The highest BCUT2D eigenvalue weighted by Crippen LogP contribution is 2.25. The lowest BCUT2D eigenvalue weighted by Crippen LogP contribution is -2.14. The SMILES string of the molecule is NCCc1ccc(Oc2ccc(F)c(C(=O)Nc3ccc4ncnn4c3)c2)cc1. The summed E-state index contributed by atoms with van der Waals surface area (Å²) in [5.74, 6) is -0.295. The van der Waals surface area contributed by atoms with Crippen LogP contribution in [0.25, 0.3) is 5.65 Å². The van der Waals surface area contributed by atoms with Crippen molar-refractivity contribution >= 4 is 17.2 Å². The standard InChI is InChI=1S/C21H18FN5O2/c22-19-7-6-17(29-16-4-1-14(2-5-16)9-10-23)11-18(19)21(28)26-15-3-8-20-24-13-25-27(20)12-15/h1-8,11-13H,9-10,23H2,(H,26,28). The fraction of sp³-hybridized carbons (Fsp3) is 0.0952. The van der Waals surface area contributed by atoms with Crippen molar-refractivity contribution in [1.82, 2.24) is 14.6 Å². The van der Waals surface area contributed by atoms with E-state index in [2.05, 4.69) is 15.4 Å². The molecule has 0 spiro atoms. The Kier molecular flexibility index (Phi) is 5.17. The molecule has 0 saturated carbocycles. The molecule has 0 radical (unpaired) electrons. The fourth-order valence-corrected chi connectivity index (χ4v) is 2.86. The number of hydrogen-bond donors (Lipinski definition) is 2. The molecule has 0 unspecified atom stereocenters. The number of rotatable bonds is 6. The molecule has 2 aromatic carbocycles. The number of ether oxygens (including phenoxy) is 1. The van der Waals surface area contributed by atoms with Crippen LogP contribution in [0.5, 0.6) is 11.5 Å². The highest BCUT2D eigenvalue weighted by Gasteiger charge is 2.14. The summed E-state index contributed by atoms with van der Waals surface area (Å²) in [5.41, 5.74) is 7.63. The molecule has 0 aliphatic carbocycles. The largest absolute Gasteiger partial charge is 0.457 e. The monoisotopic (exact) mass is 391 g/mol. The van der Waals surface area contributed by atoms with Crippen LogP contribution in [0, 0.1) is 5.82 Å². The minimum Gasteiger partial charge on any atom is -0.457 e. The van der Waals surface area contributed by atoms with E-state index in [1.807, 2.05) is 12.1 Å².